The molecule has 2 aromatic rings. The second-order valence-electron chi connectivity index (χ2n) is 10.5. The lowest BCUT2D eigenvalue weighted by Gasteiger charge is -2.38. The topological polar surface area (TPSA) is 506 Å². The van der Waals surface area contributed by atoms with Crippen LogP contribution in [0.5, 0.6) is 0 Å². The Morgan fingerprint density at radius 2 is 1.28 bits per heavy atom. The van der Waals surface area contributed by atoms with Crippen LogP contribution in [0.25, 0.3) is 11.2 Å². The van der Waals surface area contributed by atoms with Gasteiger partial charge in [0, 0.05) is 0 Å². The second-order valence-corrected chi connectivity index (χ2v) is 19.6. The number of ether oxygens (including phenoxy) is 2. The van der Waals surface area contributed by atoms with Gasteiger partial charge >= 0.3 is 46.9 Å². The number of fused-ring (bicyclic) bond motifs is 1. The van der Waals surface area contributed by atoms with E-state index in [9.17, 15) is 77.6 Å². The van der Waals surface area contributed by atoms with Crippen molar-refractivity contribution in [1.29, 1.82) is 0 Å². The Kier molecular flexibility index (Phi) is 13.4. The Bertz CT molecular complexity index is 2070. The summed E-state index contributed by atoms with van der Waals surface area (Å²) < 4.78 is 105. The lowest BCUT2D eigenvalue weighted by molar-refractivity contribution is -0.307. The lowest BCUT2D eigenvalue weighted by Crippen LogP contribution is -2.60. The van der Waals surface area contributed by atoms with Crippen LogP contribution in [-0.2, 0) is 63.2 Å². The van der Waals surface area contributed by atoms with Crippen LogP contribution >= 0.6 is 59.2 Å². The zero-order valence-corrected chi connectivity index (χ0v) is 31.4. The van der Waals surface area contributed by atoms with Gasteiger partial charge in [-0.3, -0.25) is 13.6 Å². The number of aliphatic hydroxyl groups is 6. The molecule has 310 valence electrons. The molecule has 2 fully saturated rings. The molecule has 2 aliphatic heterocycles. The van der Waals surface area contributed by atoms with Crippen molar-refractivity contribution < 1.29 is 133 Å². The molecule has 2 aliphatic rings. The number of aromatic amines is 1. The number of imidazole rings is 1. The van der Waals surface area contributed by atoms with Crippen LogP contribution in [0.15, 0.2) is 12.7 Å². The summed E-state index contributed by atoms with van der Waals surface area (Å²) in [5.74, 6) is -3.99. The van der Waals surface area contributed by atoms with Crippen LogP contribution in [0.4, 0.5) is 0 Å². The maximum Gasteiger partial charge on any atom is 0.490 e. The average Bonchev–Trinajstić information content (AvgIpc) is 3.57. The summed E-state index contributed by atoms with van der Waals surface area (Å²) in [6, 6.07) is 0. The molecule has 0 amide bonds. The Hall–Kier alpha value is -0.730. The molecule has 39 heteroatoms. The van der Waals surface area contributed by atoms with Gasteiger partial charge in [0.05, 0.1) is 12.7 Å². The molecule has 14 atom stereocenters. The molecule has 32 nitrogen and oxygen atoms in total. The van der Waals surface area contributed by atoms with E-state index in [0.717, 1.165) is 17.2 Å². The van der Waals surface area contributed by atoms with E-state index in [1.165, 1.54) is 0 Å². The van der Waals surface area contributed by atoms with Gasteiger partial charge in [0.15, 0.2) is 23.3 Å². The van der Waals surface area contributed by atoms with Crippen LogP contribution in [0.2, 0.25) is 0 Å². The van der Waals surface area contributed by atoms with Crippen molar-refractivity contribution in [2.75, 3.05) is 0 Å². The van der Waals surface area contributed by atoms with Crippen molar-refractivity contribution >= 4 is 70.3 Å². The van der Waals surface area contributed by atoms with Gasteiger partial charge in [0.1, 0.15) is 47.8 Å². The molecule has 0 spiro atoms. The number of hydrogen-bond donors (Lipinski definition) is 15. The normalized spacial score (nSPS) is 33.8. The first kappa shape index (κ1) is 46.0. The largest absolute Gasteiger partial charge is 0.490 e. The van der Waals surface area contributed by atoms with E-state index in [0.29, 0.717) is 0 Å². The average molecular weight is 928 g/mol. The molecule has 2 aromatic heterocycles. The molecule has 7 unspecified atom stereocenters. The summed E-state index contributed by atoms with van der Waals surface area (Å²) in [5, 5.41) is 65.2. The van der Waals surface area contributed by atoms with E-state index < -0.39 is 108 Å². The van der Waals surface area contributed by atoms with Crippen LogP contribution in [0.3, 0.4) is 0 Å². The van der Waals surface area contributed by atoms with E-state index in [4.69, 9.17) is 41.3 Å². The molecule has 0 aromatic carbocycles. The molecule has 4 heterocycles. The molecule has 15 N–H and O–H groups in total. The minimum absolute atomic E-state index is 0.0322. The maximum atomic E-state index is 12.9. The fourth-order valence-corrected chi connectivity index (χ4v) is 11.3. The van der Waals surface area contributed by atoms with E-state index >= 15 is 0 Å². The van der Waals surface area contributed by atoms with Gasteiger partial charge in [-0.1, -0.05) is 12.2 Å². The third kappa shape index (κ3) is 10.9. The number of nitrogens with zero attached hydrogens (tertiary/aromatic N) is 3. The van der Waals surface area contributed by atoms with Gasteiger partial charge in [-0.15, -0.1) is 0 Å². The highest BCUT2D eigenvalue weighted by atomic mass is 32.1. The lowest BCUT2D eigenvalue weighted by atomic mass is 9.93. The number of aliphatic hydroxyl groups excluding tert-OH is 5. The molecule has 2 saturated heterocycles. The summed E-state index contributed by atoms with van der Waals surface area (Å²) in [7, 11) is -37.2. The third-order valence-corrected chi connectivity index (χ3v) is 14.6. The van der Waals surface area contributed by atoms with Crippen molar-refractivity contribution in [2.45, 2.75) is 61.0 Å². The molecular formula is C15H26N4O28P6S. The molecule has 0 radical (unpaired) electrons. The summed E-state index contributed by atoms with van der Waals surface area (Å²) >= 11 is 5.03. The monoisotopic (exact) mass is 928 g/mol. The van der Waals surface area contributed by atoms with E-state index in [-0.39, 0.29) is 15.8 Å². The first-order valence-electron chi connectivity index (χ1n) is 13.3. The Morgan fingerprint density at radius 3 is 1.80 bits per heavy atom. The van der Waals surface area contributed by atoms with Crippen molar-refractivity contribution in [3.8, 4) is 0 Å². The van der Waals surface area contributed by atoms with Crippen LogP contribution in [-0.4, -0.2) is 144 Å². The number of H-pyrrole nitrogens is 1. The summed E-state index contributed by atoms with van der Waals surface area (Å²) in [4.78, 5) is 84.2. The molecule has 54 heavy (non-hydrogen) atoms. The predicted octanol–water partition coefficient (Wildman–Crippen LogP) is -3.71. The maximum absolute atomic E-state index is 12.9. The number of hydrogen-bond acceptors (Lipinski definition) is 23. The zero-order chi connectivity index (χ0) is 41.2. The highest BCUT2D eigenvalue weighted by molar-refractivity contribution is 7.71. The first-order chi connectivity index (χ1) is 24.3. The summed E-state index contributed by atoms with van der Waals surface area (Å²) in [5.41, 5.74) is -0.104. The van der Waals surface area contributed by atoms with Gasteiger partial charge in [-0.2, -0.15) is 17.2 Å². The number of phosphoric acid groups is 6. The van der Waals surface area contributed by atoms with E-state index in [1.54, 1.807) is 0 Å². The SMILES string of the molecule is O=P(O)(O)OP(=O)(O)OP(=O)(O)OC(O)[C@H]1OC(O)(C(OP(=O)(O)OP(=O)(O)OP(=O)(O)O)[C@H]2O[C@@H](n3cnc4c(=S)nc[nH]c43)[C@H](O)[C@@H]2O)[C@H](O)[C@@H]1O. The van der Waals surface area contributed by atoms with Crippen molar-refractivity contribution in [1.82, 2.24) is 19.5 Å². The molecule has 4 rings (SSSR count). The van der Waals surface area contributed by atoms with Gasteiger partial charge < -0.3 is 84.2 Å². The number of nitrogens with one attached hydrogen (secondary N) is 1. The van der Waals surface area contributed by atoms with Crippen molar-refractivity contribution in [3.63, 3.8) is 0 Å². The smallest absolute Gasteiger partial charge is 0.387 e. The quantitative estimate of drug-likeness (QED) is 0.0437. The first-order valence-corrected chi connectivity index (χ1v) is 22.7. The fraction of sp³-hybridized carbons (Fsp3) is 0.667. The number of phosphoric ester groups is 2. The van der Waals surface area contributed by atoms with Crippen LogP contribution < -0.4 is 0 Å². The summed E-state index contributed by atoms with van der Waals surface area (Å²) in [6.07, 6.45) is -22.5. The Morgan fingerprint density at radius 1 is 0.759 bits per heavy atom. The molecule has 0 bridgehead atoms. The molecule has 0 aliphatic carbocycles. The van der Waals surface area contributed by atoms with Gasteiger partial charge in [0.25, 0.3) is 0 Å². The van der Waals surface area contributed by atoms with Crippen molar-refractivity contribution in [2.24, 2.45) is 0 Å². The fourth-order valence-electron chi connectivity index (χ4n) is 4.78. The van der Waals surface area contributed by atoms with Crippen LogP contribution in [0.1, 0.15) is 6.23 Å². The van der Waals surface area contributed by atoms with Crippen LogP contribution in [0, 0.1) is 4.64 Å². The minimum atomic E-state index is -6.51. The van der Waals surface area contributed by atoms with Gasteiger partial charge in [0.2, 0.25) is 5.79 Å². The Labute approximate surface area is 301 Å². The van der Waals surface area contributed by atoms with E-state index in [2.05, 4.69) is 41.2 Å². The summed E-state index contributed by atoms with van der Waals surface area (Å²) in [6.45, 7) is 0. The molecular weight excluding hydrogens is 902 g/mol. The second kappa shape index (κ2) is 15.8. The third-order valence-electron chi connectivity index (χ3n) is 6.64. The number of rotatable bonds is 16. The minimum Gasteiger partial charge on any atom is -0.387 e. The highest BCUT2D eigenvalue weighted by Gasteiger charge is 2.67. The number of aromatic nitrogens is 4. The molecule has 0 saturated carbocycles. The van der Waals surface area contributed by atoms with Crippen molar-refractivity contribution in [3.05, 3.63) is 17.3 Å². The zero-order valence-electron chi connectivity index (χ0n) is 25.3. The highest BCUT2D eigenvalue weighted by Crippen LogP contribution is 2.68. The Balaban J connectivity index is 1.71. The van der Waals surface area contributed by atoms with Gasteiger partial charge in [-0.25, -0.2) is 37.4 Å². The standard InChI is InChI=1S/C15H26N4O28P6S/c20-4-5(21)13(19-2-18-3-11(19)16-1-17-12(3)54)40-7(4)10(42-50(32,33)46-52(36,37)44-48(26,27)28)15(25)9(23)6(22)8(41-15)14(24)43-51(34,35)47-53(38,39)45-49(29,30)31/h1-2,4-10,13-14,20-25H,(H,32,33)(H,34,35)(H,36,37)(H,38,39)(H,16,17,54)(H2,26,27,28)(H2,29,30,31)/t4-,5+,6+,7-,8-,9+,10?,13+,14?,15?/m0/s1. The van der Waals surface area contributed by atoms with Gasteiger partial charge in [-0.05, 0) is 0 Å². The van der Waals surface area contributed by atoms with E-state index in [1.807, 2.05) is 0 Å². The predicted molar refractivity (Wildman–Crippen MR) is 160 cm³/mol.